The van der Waals surface area contributed by atoms with Crippen molar-refractivity contribution in [2.45, 2.75) is 111 Å². The fraction of sp³-hybridized carbons (Fsp3) is 0.692. The van der Waals surface area contributed by atoms with Crippen LogP contribution in [-0.2, 0) is 12.8 Å². The lowest BCUT2D eigenvalue weighted by Crippen LogP contribution is -1.93. The number of hydrogen-bond donors (Lipinski definition) is 0. The smallest absolute Gasteiger partial charge is 0.0480 e. The maximum Gasteiger partial charge on any atom is 0.0480 e. The molecule has 0 unspecified atom stereocenters. The van der Waals surface area contributed by atoms with Gasteiger partial charge in [-0.15, -0.1) is 22.7 Å². The quantitative estimate of drug-likeness (QED) is 0.302. The summed E-state index contributed by atoms with van der Waals surface area (Å²) < 4.78 is 0. The van der Waals surface area contributed by atoms with E-state index in [1.165, 1.54) is 99.6 Å². The molecular weight excluding hydrogens is 376 g/mol. The van der Waals surface area contributed by atoms with Crippen molar-refractivity contribution in [3.8, 4) is 9.75 Å². The van der Waals surface area contributed by atoms with Crippen LogP contribution in [0.2, 0.25) is 0 Å². The SMILES string of the molecule is CCCCCCc1cc(C)sc1-c1sc(C)cc1CCCCCC1CCCC1. The Labute approximate surface area is 181 Å². The molecule has 0 aliphatic heterocycles. The van der Waals surface area contributed by atoms with Crippen LogP contribution in [0.15, 0.2) is 12.1 Å². The van der Waals surface area contributed by atoms with Crippen LogP contribution in [0, 0.1) is 19.8 Å². The van der Waals surface area contributed by atoms with Crippen molar-refractivity contribution >= 4 is 22.7 Å². The lowest BCUT2D eigenvalue weighted by Gasteiger charge is -2.09. The predicted molar refractivity (Wildman–Crippen MR) is 129 cm³/mol. The Balaban J connectivity index is 1.57. The first-order chi connectivity index (χ1) is 13.7. The van der Waals surface area contributed by atoms with Crippen molar-refractivity contribution in [2.24, 2.45) is 5.92 Å². The lowest BCUT2D eigenvalue weighted by molar-refractivity contribution is 0.468. The molecule has 3 rings (SSSR count). The van der Waals surface area contributed by atoms with Crippen LogP contribution in [0.4, 0.5) is 0 Å². The van der Waals surface area contributed by atoms with Crippen LogP contribution < -0.4 is 0 Å². The van der Waals surface area contributed by atoms with E-state index in [1.54, 1.807) is 20.9 Å². The highest BCUT2D eigenvalue weighted by atomic mass is 32.1. The first kappa shape index (κ1) is 22.1. The van der Waals surface area contributed by atoms with Crippen LogP contribution in [0.3, 0.4) is 0 Å². The summed E-state index contributed by atoms with van der Waals surface area (Å²) in [6, 6.07) is 4.94. The van der Waals surface area contributed by atoms with Crippen molar-refractivity contribution in [3.05, 3.63) is 33.0 Å². The van der Waals surface area contributed by atoms with Gasteiger partial charge in [0.25, 0.3) is 0 Å². The number of aryl methyl sites for hydroxylation is 4. The van der Waals surface area contributed by atoms with Crippen LogP contribution in [-0.4, -0.2) is 0 Å². The van der Waals surface area contributed by atoms with Crippen LogP contribution >= 0.6 is 22.7 Å². The summed E-state index contributed by atoms with van der Waals surface area (Å²) in [6.45, 7) is 6.88. The van der Waals surface area contributed by atoms with Gasteiger partial charge in [-0.05, 0) is 68.7 Å². The van der Waals surface area contributed by atoms with Gasteiger partial charge in [-0.2, -0.15) is 0 Å². The first-order valence-corrected chi connectivity index (χ1v) is 13.5. The van der Waals surface area contributed by atoms with Gasteiger partial charge in [-0.3, -0.25) is 0 Å². The molecule has 28 heavy (non-hydrogen) atoms. The van der Waals surface area contributed by atoms with Gasteiger partial charge < -0.3 is 0 Å². The lowest BCUT2D eigenvalue weighted by atomic mass is 9.98. The number of rotatable bonds is 12. The second kappa shape index (κ2) is 11.6. The number of thiophene rings is 2. The van der Waals surface area contributed by atoms with E-state index < -0.39 is 0 Å². The van der Waals surface area contributed by atoms with E-state index in [-0.39, 0.29) is 0 Å². The molecule has 0 atom stereocenters. The largest absolute Gasteiger partial charge is 0.139 e. The highest BCUT2D eigenvalue weighted by Crippen LogP contribution is 2.41. The number of unbranched alkanes of at least 4 members (excludes halogenated alkanes) is 5. The van der Waals surface area contributed by atoms with Gasteiger partial charge in [0, 0.05) is 19.5 Å². The molecule has 2 aromatic heterocycles. The molecule has 0 spiro atoms. The minimum atomic E-state index is 1.06. The molecule has 0 radical (unpaired) electrons. The standard InChI is InChI=1S/C26H40S2/c1-4-5-6-9-16-23-18-20(2)27-25(23)26-24(19-21(3)28-26)17-10-7-8-13-22-14-11-12-15-22/h18-19,22H,4-17H2,1-3H3. The van der Waals surface area contributed by atoms with Crippen molar-refractivity contribution < 1.29 is 0 Å². The van der Waals surface area contributed by atoms with E-state index in [1.807, 2.05) is 22.7 Å². The maximum atomic E-state index is 2.48. The summed E-state index contributed by atoms with van der Waals surface area (Å²) in [5.41, 5.74) is 3.24. The molecule has 1 aliphatic carbocycles. The third kappa shape index (κ3) is 6.46. The molecule has 156 valence electrons. The summed E-state index contributed by atoms with van der Waals surface area (Å²) in [7, 11) is 0. The number of hydrogen-bond acceptors (Lipinski definition) is 2. The summed E-state index contributed by atoms with van der Waals surface area (Å²) in [6.07, 6.45) is 19.7. The van der Waals surface area contributed by atoms with E-state index >= 15 is 0 Å². The average Bonchev–Trinajstić information content (AvgIpc) is 3.39. The Morgan fingerprint density at radius 1 is 0.750 bits per heavy atom. The highest BCUT2D eigenvalue weighted by Gasteiger charge is 2.17. The van der Waals surface area contributed by atoms with E-state index in [9.17, 15) is 0 Å². The van der Waals surface area contributed by atoms with E-state index in [0.29, 0.717) is 0 Å². The monoisotopic (exact) mass is 416 g/mol. The Kier molecular flexibility index (Phi) is 9.11. The fourth-order valence-electron chi connectivity index (χ4n) is 4.86. The molecule has 2 heterocycles. The van der Waals surface area contributed by atoms with Crippen LogP contribution in [0.5, 0.6) is 0 Å². The second-order valence-electron chi connectivity index (χ2n) is 8.98. The topological polar surface area (TPSA) is 0 Å². The van der Waals surface area contributed by atoms with Gasteiger partial charge in [0.2, 0.25) is 0 Å². The fourth-order valence-corrected chi connectivity index (χ4v) is 7.18. The van der Waals surface area contributed by atoms with Crippen molar-refractivity contribution in [1.82, 2.24) is 0 Å². The van der Waals surface area contributed by atoms with Crippen LogP contribution in [0.25, 0.3) is 9.75 Å². The van der Waals surface area contributed by atoms with E-state index in [4.69, 9.17) is 0 Å². The molecule has 0 nitrogen and oxygen atoms in total. The summed E-state index contributed by atoms with van der Waals surface area (Å²) in [5, 5.41) is 0. The minimum Gasteiger partial charge on any atom is -0.139 e. The van der Waals surface area contributed by atoms with Crippen LogP contribution in [0.1, 0.15) is 105 Å². The average molecular weight is 417 g/mol. The van der Waals surface area contributed by atoms with Gasteiger partial charge >= 0.3 is 0 Å². The van der Waals surface area contributed by atoms with Gasteiger partial charge in [0.15, 0.2) is 0 Å². The molecule has 0 N–H and O–H groups in total. The Morgan fingerprint density at radius 3 is 1.82 bits per heavy atom. The highest BCUT2D eigenvalue weighted by molar-refractivity contribution is 7.22. The molecule has 0 aromatic carbocycles. The second-order valence-corrected chi connectivity index (χ2v) is 11.5. The summed E-state index contributed by atoms with van der Waals surface area (Å²) >= 11 is 4.06. The Bertz CT molecular complexity index is 700. The molecule has 0 amide bonds. The molecule has 0 saturated heterocycles. The van der Waals surface area contributed by atoms with Gasteiger partial charge in [0.1, 0.15) is 0 Å². The van der Waals surface area contributed by atoms with E-state index in [0.717, 1.165) is 5.92 Å². The normalized spacial score (nSPS) is 15.0. The summed E-state index contributed by atoms with van der Waals surface area (Å²) in [5.74, 6) is 1.06. The van der Waals surface area contributed by atoms with Crippen molar-refractivity contribution in [2.75, 3.05) is 0 Å². The van der Waals surface area contributed by atoms with Gasteiger partial charge in [-0.1, -0.05) is 71.1 Å². The minimum absolute atomic E-state index is 1.06. The third-order valence-electron chi connectivity index (χ3n) is 6.40. The Hall–Kier alpha value is -0.600. The Morgan fingerprint density at radius 2 is 1.29 bits per heavy atom. The molecule has 2 heteroatoms. The first-order valence-electron chi connectivity index (χ1n) is 11.9. The molecule has 1 aliphatic rings. The zero-order valence-electron chi connectivity index (χ0n) is 18.4. The third-order valence-corrected chi connectivity index (χ3v) is 8.75. The zero-order chi connectivity index (χ0) is 19.8. The maximum absolute atomic E-state index is 2.48. The summed E-state index contributed by atoms with van der Waals surface area (Å²) in [4.78, 5) is 6.15. The van der Waals surface area contributed by atoms with E-state index in [2.05, 4.69) is 32.9 Å². The molecular formula is C26H40S2. The van der Waals surface area contributed by atoms with Gasteiger partial charge in [-0.25, -0.2) is 0 Å². The molecule has 1 saturated carbocycles. The van der Waals surface area contributed by atoms with Crippen molar-refractivity contribution in [3.63, 3.8) is 0 Å². The molecule has 1 fully saturated rings. The molecule has 0 bridgehead atoms. The zero-order valence-corrected chi connectivity index (χ0v) is 20.1. The van der Waals surface area contributed by atoms with Crippen molar-refractivity contribution in [1.29, 1.82) is 0 Å². The van der Waals surface area contributed by atoms with Gasteiger partial charge in [0.05, 0.1) is 0 Å². The predicted octanol–water partition coefficient (Wildman–Crippen LogP) is 9.51. The molecule has 2 aromatic rings.